The molecule has 1 aromatic carbocycles. The number of carbonyl (C=O) groups is 2. The van der Waals surface area contributed by atoms with Crippen molar-refractivity contribution in [1.82, 2.24) is 10.3 Å². The van der Waals surface area contributed by atoms with Gasteiger partial charge in [0.05, 0.1) is 28.3 Å². The number of para-hydroxylation sites is 1. The Hall–Kier alpha value is -1.99. The fourth-order valence-corrected chi connectivity index (χ4v) is 3.03. The van der Waals surface area contributed by atoms with E-state index in [0.29, 0.717) is 13.0 Å². The number of aromatic nitrogens is 1. The molecule has 0 radical (unpaired) electrons. The highest BCUT2D eigenvalue weighted by molar-refractivity contribution is 7.18. The largest absolute Gasteiger partial charge is 0.456 e. The molecule has 0 saturated heterocycles. The molecule has 1 aromatic heterocycles. The summed E-state index contributed by atoms with van der Waals surface area (Å²) in [6.45, 7) is 1.96. The molecule has 1 unspecified atom stereocenters. The van der Waals surface area contributed by atoms with E-state index >= 15 is 0 Å². The maximum atomic E-state index is 11.7. The van der Waals surface area contributed by atoms with Gasteiger partial charge in [0.1, 0.15) is 0 Å². The summed E-state index contributed by atoms with van der Waals surface area (Å²) in [4.78, 5) is 27.7. The van der Waals surface area contributed by atoms with Gasteiger partial charge < -0.3 is 14.8 Å². The van der Waals surface area contributed by atoms with Crippen LogP contribution in [0.1, 0.15) is 18.4 Å². The Bertz CT molecular complexity index is 638. The van der Waals surface area contributed by atoms with Crippen LogP contribution in [-0.2, 0) is 25.5 Å². The van der Waals surface area contributed by atoms with Crippen molar-refractivity contribution in [3.05, 3.63) is 29.3 Å². The number of hydrogen-bond donors (Lipinski definition) is 1. The molecule has 1 heterocycles. The second-order valence-corrected chi connectivity index (χ2v) is 6.28. The zero-order valence-corrected chi connectivity index (χ0v) is 14.0. The first-order valence-corrected chi connectivity index (χ1v) is 8.18. The number of ether oxygens (including phenoxy) is 2. The van der Waals surface area contributed by atoms with Crippen LogP contribution < -0.4 is 5.32 Å². The number of nitrogens with zero attached hydrogens (tertiary/aromatic N) is 1. The molecule has 0 aliphatic rings. The van der Waals surface area contributed by atoms with E-state index in [1.54, 1.807) is 18.4 Å². The van der Waals surface area contributed by atoms with Crippen LogP contribution in [0.3, 0.4) is 0 Å². The highest BCUT2D eigenvalue weighted by Gasteiger charge is 2.11. The molecule has 23 heavy (non-hydrogen) atoms. The lowest BCUT2D eigenvalue weighted by Gasteiger charge is -2.12. The number of hydrogen-bond acceptors (Lipinski definition) is 6. The van der Waals surface area contributed by atoms with Crippen LogP contribution in [0.15, 0.2) is 24.3 Å². The van der Waals surface area contributed by atoms with Crippen molar-refractivity contribution in [3.8, 4) is 0 Å². The summed E-state index contributed by atoms with van der Waals surface area (Å²) in [6.07, 6.45) is 0.723. The zero-order valence-electron chi connectivity index (χ0n) is 13.2. The number of aryl methyl sites for hydroxylation is 1. The van der Waals surface area contributed by atoms with Gasteiger partial charge in [0.25, 0.3) is 5.91 Å². The van der Waals surface area contributed by atoms with Crippen LogP contribution in [0.4, 0.5) is 0 Å². The van der Waals surface area contributed by atoms with E-state index in [1.807, 2.05) is 31.2 Å². The van der Waals surface area contributed by atoms with Gasteiger partial charge in [-0.25, -0.2) is 4.98 Å². The molecule has 0 spiro atoms. The molecule has 1 N–H and O–H groups in total. The van der Waals surface area contributed by atoms with Crippen molar-refractivity contribution in [2.45, 2.75) is 25.8 Å². The molecule has 2 aromatic rings. The fourth-order valence-electron chi connectivity index (χ4n) is 2.06. The third kappa shape index (κ3) is 5.61. The lowest BCUT2D eigenvalue weighted by atomic mass is 10.3. The van der Waals surface area contributed by atoms with E-state index in [4.69, 9.17) is 9.47 Å². The van der Waals surface area contributed by atoms with Crippen LogP contribution in [0.25, 0.3) is 10.2 Å². The number of rotatable bonds is 8. The molecule has 2 rings (SSSR count). The van der Waals surface area contributed by atoms with E-state index < -0.39 is 5.97 Å². The monoisotopic (exact) mass is 336 g/mol. The second-order valence-electron chi connectivity index (χ2n) is 5.16. The number of carbonyl (C=O) groups excluding carboxylic acids is 2. The minimum absolute atomic E-state index is 0.117. The number of fused-ring (bicyclic) bond motifs is 1. The molecule has 1 amide bonds. The second kappa shape index (κ2) is 8.59. The van der Waals surface area contributed by atoms with E-state index in [9.17, 15) is 9.59 Å². The Labute approximate surface area is 138 Å². The SMILES string of the molecule is COCC(C)NC(=O)COC(=O)CCc1nc2ccccc2s1. The van der Waals surface area contributed by atoms with Gasteiger partial charge in [-0.3, -0.25) is 9.59 Å². The first-order chi connectivity index (χ1) is 11.1. The number of benzene rings is 1. The topological polar surface area (TPSA) is 77.5 Å². The molecule has 124 valence electrons. The smallest absolute Gasteiger partial charge is 0.306 e. The molecule has 0 bridgehead atoms. The summed E-state index contributed by atoms with van der Waals surface area (Å²) in [5.41, 5.74) is 0.937. The van der Waals surface area contributed by atoms with Gasteiger partial charge in [-0.15, -0.1) is 11.3 Å². The maximum absolute atomic E-state index is 11.7. The van der Waals surface area contributed by atoms with Crippen LogP contribution in [0, 0.1) is 0 Å². The first kappa shape index (κ1) is 17.4. The maximum Gasteiger partial charge on any atom is 0.306 e. The van der Waals surface area contributed by atoms with Crippen LogP contribution in [0.5, 0.6) is 0 Å². The Morgan fingerprint density at radius 1 is 1.35 bits per heavy atom. The van der Waals surface area contributed by atoms with E-state index in [-0.39, 0.29) is 25.0 Å². The zero-order chi connectivity index (χ0) is 16.7. The van der Waals surface area contributed by atoms with Gasteiger partial charge >= 0.3 is 5.97 Å². The van der Waals surface area contributed by atoms with Crippen molar-refractivity contribution in [2.24, 2.45) is 0 Å². The molecule has 7 heteroatoms. The minimum Gasteiger partial charge on any atom is -0.456 e. The third-order valence-electron chi connectivity index (χ3n) is 3.07. The first-order valence-electron chi connectivity index (χ1n) is 7.37. The van der Waals surface area contributed by atoms with Crippen molar-refractivity contribution >= 4 is 33.4 Å². The predicted molar refractivity (Wildman–Crippen MR) is 88.4 cm³/mol. The lowest BCUT2D eigenvalue weighted by molar-refractivity contribution is -0.148. The van der Waals surface area contributed by atoms with E-state index in [0.717, 1.165) is 15.2 Å². The quantitative estimate of drug-likeness (QED) is 0.745. The third-order valence-corrected chi connectivity index (χ3v) is 4.17. The average Bonchev–Trinajstić information content (AvgIpc) is 2.94. The predicted octanol–water partition coefficient (Wildman–Crippen LogP) is 1.92. The number of methoxy groups -OCH3 is 1. The van der Waals surface area contributed by atoms with Crippen molar-refractivity contribution < 1.29 is 19.1 Å². The minimum atomic E-state index is -0.404. The Kier molecular flexibility index (Phi) is 6.49. The van der Waals surface area contributed by atoms with Gasteiger partial charge in [-0.05, 0) is 19.1 Å². The Morgan fingerprint density at radius 2 is 2.13 bits per heavy atom. The van der Waals surface area contributed by atoms with Crippen LogP contribution in [0.2, 0.25) is 0 Å². The Morgan fingerprint density at radius 3 is 2.87 bits per heavy atom. The molecule has 0 aliphatic carbocycles. The van der Waals surface area contributed by atoms with Gasteiger partial charge in [0.2, 0.25) is 0 Å². The number of amides is 1. The fraction of sp³-hybridized carbons (Fsp3) is 0.438. The molecular formula is C16H20N2O4S. The summed E-state index contributed by atoms with van der Waals surface area (Å²) in [7, 11) is 1.56. The molecule has 0 fully saturated rings. The molecule has 0 saturated carbocycles. The molecule has 6 nitrogen and oxygen atoms in total. The molecule has 0 aliphatic heterocycles. The van der Waals surface area contributed by atoms with Crippen molar-refractivity contribution in [3.63, 3.8) is 0 Å². The highest BCUT2D eigenvalue weighted by atomic mass is 32.1. The van der Waals surface area contributed by atoms with Crippen molar-refractivity contribution in [1.29, 1.82) is 0 Å². The van der Waals surface area contributed by atoms with E-state index in [1.165, 1.54) is 0 Å². The van der Waals surface area contributed by atoms with Crippen molar-refractivity contribution in [2.75, 3.05) is 20.3 Å². The molecule has 1 atom stereocenters. The van der Waals surface area contributed by atoms with Crippen LogP contribution >= 0.6 is 11.3 Å². The van der Waals surface area contributed by atoms with Crippen LogP contribution in [-0.4, -0.2) is 43.2 Å². The van der Waals surface area contributed by atoms with Gasteiger partial charge in [0.15, 0.2) is 6.61 Å². The summed E-state index contributed by atoms with van der Waals surface area (Å²) in [5, 5.41) is 3.57. The normalized spacial score (nSPS) is 12.1. The number of esters is 1. The van der Waals surface area contributed by atoms with E-state index in [2.05, 4.69) is 10.3 Å². The van der Waals surface area contributed by atoms with Gasteiger partial charge in [0, 0.05) is 19.6 Å². The Balaban J connectivity index is 1.71. The average molecular weight is 336 g/mol. The number of thiazole rings is 1. The molecular weight excluding hydrogens is 316 g/mol. The lowest BCUT2D eigenvalue weighted by Crippen LogP contribution is -2.38. The summed E-state index contributed by atoms with van der Waals surface area (Å²) < 4.78 is 11.0. The summed E-state index contributed by atoms with van der Waals surface area (Å²) in [5.74, 6) is -0.735. The van der Waals surface area contributed by atoms with Gasteiger partial charge in [-0.1, -0.05) is 12.1 Å². The number of nitrogens with one attached hydrogen (secondary N) is 1. The standard InChI is InChI=1S/C16H20N2O4S/c1-11(9-21-2)17-14(19)10-22-16(20)8-7-15-18-12-5-3-4-6-13(12)23-15/h3-6,11H,7-10H2,1-2H3,(H,17,19). The summed E-state index contributed by atoms with van der Waals surface area (Å²) >= 11 is 1.57. The van der Waals surface area contributed by atoms with Gasteiger partial charge in [-0.2, -0.15) is 0 Å². The summed E-state index contributed by atoms with van der Waals surface area (Å²) in [6, 6.07) is 7.72. The highest BCUT2D eigenvalue weighted by Crippen LogP contribution is 2.22.